The second-order valence-corrected chi connectivity index (χ2v) is 7.42. The van der Waals surface area contributed by atoms with Crippen molar-refractivity contribution in [1.29, 1.82) is 0 Å². The Morgan fingerprint density at radius 3 is 2.41 bits per heavy atom. The summed E-state index contributed by atoms with van der Waals surface area (Å²) in [7, 11) is 1.67. The van der Waals surface area contributed by atoms with Gasteiger partial charge >= 0.3 is 0 Å². The van der Waals surface area contributed by atoms with Crippen LogP contribution in [0.5, 0.6) is 5.75 Å². The van der Waals surface area contributed by atoms with Gasteiger partial charge in [-0.15, -0.1) is 11.3 Å². The van der Waals surface area contributed by atoms with Crippen molar-refractivity contribution < 1.29 is 14.3 Å². The quantitative estimate of drug-likeness (QED) is 0.604. The molecule has 0 saturated carbocycles. The van der Waals surface area contributed by atoms with Crippen molar-refractivity contribution in [2.24, 2.45) is 5.73 Å². The zero-order valence-electron chi connectivity index (χ0n) is 16.2. The SMILES string of the molecule is Cc1nc(COc2ccc(/C=C/C(=O)N(C)c3ccc(C(N)=O)cc3)cc2)cs1. The monoisotopic (exact) mass is 407 g/mol. The van der Waals surface area contributed by atoms with Crippen LogP contribution in [0, 0.1) is 6.92 Å². The highest BCUT2D eigenvalue weighted by atomic mass is 32.1. The second-order valence-electron chi connectivity index (χ2n) is 6.36. The summed E-state index contributed by atoms with van der Waals surface area (Å²) in [5.41, 5.74) is 8.10. The molecule has 0 saturated heterocycles. The van der Waals surface area contributed by atoms with Gasteiger partial charge in [0.2, 0.25) is 5.91 Å². The molecular formula is C22H21N3O3S. The molecule has 0 bridgehead atoms. The third-order valence-corrected chi connectivity index (χ3v) is 5.04. The minimum atomic E-state index is -0.500. The Kier molecular flexibility index (Phi) is 6.41. The number of aromatic nitrogens is 1. The Labute approximate surface area is 173 Å². The maximum atomic E-state index is 12.4. The van der Waals surface area contributed by atoms with E-state index in [1.165, 1.54) is 11.0 Å². The normalized spacial score (nSPS) is 10.8. The van der Waals surface area contributed by atoms with Crippen LogP contribution in [0.3, 0.4) is 0 Å². The number of hydrogen-bond donors (Lipinski definition) is 1. The highest BCUT2D eigenvalue weighted by Gasteiger charge is 2.08. The van der Waals surface area contributed by atoms with Crippen molar-refractivity contribution in [2.45, 2.75) is 13.5 Å². The fourth-order valence-corrected chi connectivity index (χ4v) is 3.16. The van der Waals surface area contributed by atoms with Crippen molar-refractivity contribution in [2.75, 3.05) is 11.9 Å². The lowest BCUT2D eigenvalue weighted by atomic mass is 10.2. The number of primary amides is 1. The van der Waals surface area contributed by atoms with E-state index in [0.29, 0.717) is 17.9 Å². The van der Waals surface area contributed by atoms with Crippen LogP contribution in [0.1, 0.15) is 26.6 Å². The van der Waals surface area contributed by atoms with Gasteiger partial charge in [-0.3, -0.25) is 9.59 Å². The molecule has 0 aliphatic heterocycles. The highest BCUT2D eigenvalue weighted by Crippen LogP contribution is 2.17. The van der Waals surface area contributed by atoms with Crippen molar-refractivity contribution in [3.63, 3.8) is 0 Å². The van der Waals surface area contributed by atoms with E-state index in [0.717, 1.165) is 22.0 Å². The number of likely N-dealkylation sites (N-methyl/N-ethyl adjacent to an activating group) is 1. The number of nitrogens with zero attached hydrogens (tertiary/aromatic N) is 2. The van der Waals surface area contributed by atoms with Gasteiger partial charge in [-0.2, -0.15) is 0 Å². The van der Waals surface area contributed by atoms with Crippen molar-refractivity contribution in [3.8, 4) is 5.75 Å². The molecule has 1 aromatic heterocycles. The topological polar surface area (TPSA) is 85.5 Å². The molecule has 0 aliphatic rings. The van der Waals surface area contributed by atoms with Gasteiger partial charge in [0, 0.05) is 29.8 Å². The zero-order valence-corrected chi connectivity index (χ0v) is 17.0. The van der Waals surface area contributed by atoms with Crippen LogP contribution in [0.2, 0.25) is 0 Å². The fraction of sp³-hybridized carbons (Fsp3) is 0.136. The summed E-state index contributed by atoms with van der Waals surface area (Å²) in [5.74, 6) is 0.0568. The summed E-state index contributed by atoms with van der Waals surface area (Å²) in [6.07, 6.45) is 3.24. The molecule has 2 aromatic carbocycles. The molecule has 3 aromatic rings. The van der Waals surface area contributed by atoms with Gasteiger partial charge in [-0.1, -0.05) is 12.1 Å². The number of ether oxygens (including phenoxy) is 1. The number of carbonyl (C=O) groups is 2. The van der Waals surface area contributed by atoms with Crippen molar-refractivity contribution >= 4 is 34.9 Å². The predicted octanol–water partition coefficient (Wildman–Crippen LogP) is 3.81. The maximum absolute atomic E-state index is 12.4. The standard InChI is InChI=1S/C22H21N3O3S/c1-15-24-18(14-29-15)13-28-20-10-3-16(4-11-20)5-12-21(26)25(2)19-8-6-17(7-9-19)22(23)27/h3-12,14H,13H2,1-2H3,(H2,23,27)/b12-5+. The molecule has 0 spiro atoms. The summed E-state index contributed by atoms with van der Waals surface area (Å²) in [6.45, 7) is 2.39. The molecule has 1 heterocycles. The lowest BCUT2D eigenvalue weighted by molar-refractivity contribution is -0.113. The number of benzene rings is 2. The predicted molar refractivity (Wildman–Crippen MR) is 115 cm³/mol. The van der Waals surface area contributed by atoms with Crippen LogP contribution in [-0.2, 0) is 11.4 Å². The van der Waals surface area contributed by atoms with Crippen LogP contribution < -0.4 is 15.4 Å². The van der Waals surface area contributed by atoms with Crippen LogP contribution in [0.15, 0.2) is 60.0 Å². The first kappa shape index (κ1) is 20.3. The maximum Gasteiger partial charge on any atom is 0.250 e. The number of anilines is 1. The minimum absolute atomic E-state index is 0.184. The summed E-state index contributed by atoms with van der Waals surface area (Å²) in [4.78, 5) is 29.4. The number of amides is 2. The summed E-state index contributed by atoms with van der Waals surface area (Å²) >= 11 is 1.60. The molecule has 0 radical (unpaired) electrons. The molecule has 0 atom stereocenters. The van der Waals surface area contributed by atoms with Crippen LogP contribution >= 0.6 is 11.3 Å². The third kappa shape index (κ3) is 5.52. The molecule has 7 heteroatoms. The first-order valence-electron chi connectivity index (χ1n) is 8.92. The molecule has 2 amide bonds. The van der Waals surface area contributed by atoms with Gasteiger partial charge in [0.1, 0.15) is 12.4 Å². The molecule has 3 rings (SSSR count). The number of nitrogens with two attached hydrogens (primary N) is 1. The van der Waals surface area contributed by atoms with Crippen molar-refractivity contribution in [3.05, 3.63) is 81.8 Å². The van der Waals surface area contributed by atoms with E-state index in [9.17, 15) is 9.59 Å². The molecule has 148 valence electrons. The number of thiazole rings is 1. The average Bonchev–Trinajstić information content (AvgIpc) is 3.16. The summed E-state index contributed by atoms with van der Waals surface area (Å²) < 4.78 is 5.72. The van der Waals surface area contributed by atoms with Gasteiger partial charge in [0.25, 0.3) is 5.91 Å². The number of hydrogen-bond acceptors (Lipinski definition) is 5. The van der Waals surface area contributed by atoms with Gasteiger partial charge in [-0.25, -0.2) is 4.98 Å². The molecular weight excluding hydrogens is 386 g/mol. The first-order valence-corrected chi connectivity index (χ1v) is 9.80. The van der Waals surface area contributed by atoms with E-state index in [4.69, 9.17) is 10.5 Å². The lowest BCUT2D eigenvalue weighted by Gasteiger charge is -2.15. The first-order chi connectivity index (χ1) is 13.9. The van der Waals surface area contributed by atoms with Crippen LogP contribution in [0.4, 0.5) is 5.69 Å². The largest absolute Gasteiger partial charge is 0.487 e. The van der Waals surface area contributed by atoms with Gasteiger partial charge in [0.05, 0.1) is 10.7 Å². The highest BCUT2D eigenvalue weighted by molar-refractivity contribution is 7.09. The van der Waals surface area contributed by atoms with E-state index in [1.54, 1.807) is 48.7 Å². The summed E-state index contributed by atoms with van der Waals surface area (Å²) in [5, 5.41) is 3.00. The van der Waals surface area contributed by atoms with E-state index in [2.05, 4.69) is 4.98 Å². The van der Waals surface area contributed by atoms with Crippen molar-refractivity contribution in [1.82, 2.24) is 4.98 Å². The molecule has 2 N–H and O–H groups in total. The Morgan fingerprint density at radius 1 is 1.14 bits per heavy atom. The second kappa shape index (κ2) is 9.16. The fourth-order valence-electron chi connectivity index (χ4n) is 2.56. The van der Waals surface area contributed by atoms with Gasteiger partial charge in [0.15, 0.2) is 0 Å². The molecule has 0 fully saturated rings. The van der Waals surface area contributed by atoms with E-state index in [1.807, 2.05) is 36.6 Å². The Balaban J connectivity index is 1.57. The van der Waals surface area contributed by atoms with E-state index in [-0.39, 0.29) is 5.91 Å². The number of rotatable bonds is 7. The molecule has 0 aliphatic carbocycles. The number of aryl methyl sites for hydroxylation is 1. The van der Waals surface area contributed by atoms with Crippen LogP contribution in [0.25, 0.3) is 6.08 Å². The minimum Gasteiger partial charge on any atom is -0.487 e. The van der Waals surface area contributed by atoms with Crippen LogP contribution in [-0.4, -0.2) is 23.8 Å². The lowest BCUT2D eigenvalue weighted by Crippen LogP contribution is -2.24. The Bertz CT molecular complexity index is 1020. The summed E-state index contributed by atoms with van der Waals surface area (Å²) in [6, 6.07) is 14.0. The van der Waals surface area contributed by atoms with E-state index >= 15 is 0 Å². The van der Waals surface area contributed by atoms with Gasteiger partial charge in [-0.05, 0) is 55.0 Å². The Morgan fingerprint density at radius 2 is 1.83 bits per heavy atom. The smallest absolute Gasteiger partial charge is 0.250 e. The van der Waals surface area contributed by atoms with E-state index < -0.39 is 5.91 Å². The average molecular weight is 407 g/mol. The van der Waals surface area contributed by atoms with Gasteiger partial charge < -0.3 is 15.4 Å². The molecule has 0 unspecified atom stereocenters. The molecule has 6 nitrogen and oxygen atoms in total. The zero-order chi connectivity index (χ0) is 20.8. The Hall–Kier alpha value is -3.45. The molecule has 29 heavy (non-hydrogen) atoms. The third-order valence-electron chi connectivity index (χ3n) is 4.22. The number of carbonyl (C=O) groups excluding carboxylic acids is 2.